The zero-order valence-electron chi connectivity index (χ0n) is 20.8. The molecule has 0 aromatic heterocycles. The molecule has 35 heavy (non-hydrogen) atoms. The Morgan fingerprint density at radius 3 is 2.43 bits per heavy atom. The first-order valence-corrected chi connectivity index (χ1v) is 12.1. The highest BCUT2D eigenvalue weighted by Crippen LogP contribution is 2.75. The maximum atomic E-state index is 14.2. The molecule has 4 heterocycles. The van der Waals surface area contributed by atoms with E-state index in [1.807, 2.05) is 26.8 Å². The van der Waals surface area contributed by atoms with E-state index in [4.69, 9.17) is 23.7 Å². The predicted molar refractivity (Wildman–Crippen MR) is 117 cm³/mol. The van der Waals surface area contributed by atoms with Gasteiger partial charge in [-0.15, -0.1) is 0 Å². The fourth-order valence-corrected chi connectivity index (χ4v) is 8.13. The molecule has 9 heteroatoms. The maximum Gasteiger partial charge on any atom is 0.332 e. The lowest BCUT2D eigenvalue weighted by atomic mass is 9.38. The highest BCUT2D eigenvalue weighted by Gasteiger charge is 2.84. The Balaban J connectivity index is 1.68. The van der Waals surface area contributed by atoms with Crippen LogP contribution in [0, 0.1) is 28.1 Å². The van der Waals surface area contributed by atoms with Crippen LogP contribution in [-0.2, 0) is 42.9 Å². The van der Waals surface area contributed by atoms with Crippen molar-refractivity contribution >= 4 is 23.7 Å². The first-order chi connectivity index (χ1) is 16.3. The summed E-state index contributed by atoms with van der Waals surface area (Å²) in [6.45, 7) is 9.17. The van der Waals surface area contributed by atoms with E-state index in [-0.39, 0.29) is 0 Å². The second-order valence-electron chi connectivity index (χ2n) is 11.8. The van der Waals surface area contributed by atoms with Crippen LogP contribution in [0.2, 0.25) is 0 Å². The lowest BCUT2D eigenvalue weighted by Crippen LogP contribution is -2.73. The molecule has 0 unspecified atom stereocenters. The number of cyclic esters (lactones) is 1. The molecule has 2 aliphatic carbocycles. The largest absolute Gasteiger partial charge is 0.468 e. The summed E-state index contributed by atoms with van der Waals surface area (Å²) in [5.41, 5.74) is -4.29. The van der Waals surface area contributed by atoms with Crippen molar-refractivity contribution in [3.63, 3.8) is 0 Å². The van der Waals surface area contributed by atoms with Gasteiger partial charge in [0.2, 0.25) is 6.29 Å². The van der Waals surface area contributed by atoms with Crippen molar-refractivity contribution in [1.82, 2.24) is 0 Å². The van der Waals surface area contributed by atoms with Crippen molar-refractivity contribution in [3.05, 3.63) is 23.3 Å². The first kappa shape index (κ1) is 22.9. The molecule has 0 radical (unpaired) electrons. The molecule has 0 aromatic rings. The van der Waals surface area contributed by atoms with E-state index in [2.05, 4.69) is 0 Å². The number of allylic oxidation sites excluding steroid dienone is 1. The van der Waals surface area contributed by atoms with Crippen LogP contribution in [0.5, 0.6) is 0 Å². The van der Waals surface area contributed by atoms with Crippen LogP contribution in [-0.4, -0.2) is 61.0 Å². The second kappa shape index (κ2) is 6.42. The van der Waals surface area contributed by atoms with Crippen molar-refractivity contribution in [2.45, 2.75) is 71.1 Å². The van der Waals surface area contributed by atoms with Gasteiger partial charge in [0.1, 0.15) is 22.7 Å². The molecule has 0 amide bonds. The van der Waals surface area contributed by atoms with E-state index >= 15 is 0 Å². The summed E-state index contributed by atoms with van der Waals surface area (Å²) in [6, 6.07) is 0. The van der Waals surface area contributed by atoms with Gasteiger partial charge in [-0.1, -0.05) is 13.0 Å². The van der Waals surface area contributed by atoms with E-state index in [0.29, 0.717) is 25.0 Å². The number of carbonyl (C=O) groups is 4. The van der Waals surface area contributed by atoms with E-state index in [1.54, 1.807) is 13.8 Å². The number of Topliss-reactive ketones (excluding diaryl/α,β-unsaturated/α-hetero) is 1. The number of hydrogen-bond acceptors (Lipinski definition) is 9. The molecule has 6 rings (SSSR count). The fraction of sp³-hybridized carbons (Fsp3) is 0.692. The van der Waals surface area contributed by atoms with Gasteiger partial charge in [-0.2, -0.15) is 0 Å². The number of rotatable bonds is 1. The van der Waals surface area contributed by atoms with Gasteiger partial charge in [0, 0.05) is 23.0 Å². The molecule has 8 atom stereocenters. The summed E-state index contributed by atoms with van der Waals surface area (Å²) >= 11 is 0. The third kappa shape index (κ3) is 2.37. The van der Waals surface area contributed by atoms with E-state index in [9.17, 15) is 19.2 Å². The number of fused-ring (bicyclic) bond motifs is 5. The molecule has 1 saturated carbocycles. The molecular weight excluding hydrogens is 456 g/mol. The Kier molecular flexibility index (Phi) is 4.20. The van der Waals surface area contributed by atoms with Crippen molar-refractivity contribution in [2.75, 3.05) is 13.7 Å². The summed E-state index contributed by atoms with van der Waals surface area (Å²) in [5, 5.41) is 0. The molecule has 6 aliphatic rings. The number of ether oxygens (including phenoxy) is 5. The van der Waals surface area contributed by atoms with E-state index in [1.165, 1.54) is 13.2 Å². The fourth-order valence-electron chi connectivity index (χ4n) is 8.13. The minimum absolute atomic E-state index is 0.302. The van der Waals surface area contributed by atoms with Crippen LogP contribution in [0.15, 0.2) is 23.3 Å². The lowest BCUT2D eigenvalue weighted by Gasteiger charge is -2.62. The van der Waals surface area contributed by atoms with Crippen LogP contribution < -0.4 is 0 Å². The van der Waals surface area contributed by atoms with Crippen LogP contribution in [0.4, 0.5) is 0 Å². The number of epoxide rings is 1. The molecule has 0 aromatic carbocycles. The number of hydrogen-bond donors (Lipinski definition) is 0. The topological polar surface area (TPSA) is 118 Å². The highest BCUT2D eigenvalue weighted by atomic mass is 16.7. The first-order valence-electron chi connectivity index (χ1n) is 12.1. The van der Waals surface area contributed by atoms with Gasteiger partial charge < -0.3 is 23.7 Å². The third-order valence-corrected chi connectivity index (χ3v) is 9.78. The summed E-state index contributed by atoms with van der Waals surface area (Å²) in [6.07, 6.45) is 2.04. The van der Waals surface area contributed by atoms with Crippen LogP contribution >= 0.6 is 0 Å². The van der Waals surface area contributed by atoms with Crippen molar-refractivity contribution in [3.8, 4) is 0 Å². The maximum absolute atomic E-state index is 14.2. The molecule has 1 spiro atoms. The standard InChI is InChI=1S/C26H30O9/c1-12-18(28)26(21(30)31-6)17-19(33-12)34-20(29)23(17,4)10-15-24(26,5)8-7-13-14(25(15)11-32-25)9-16(27)35-22(13,2)3/h7,9,12,15,17,19H,8,10-11H2,1-6H3/t12-,15+,17+,19+,23+,24-,25-,26-/m0/s1. The zero-order valence-corrected chi connectivity index (χ0v) is 20.8. The molecule has 4 fully saturated rings. The Labute approximate surface area is 203 Å². The lowest BCUT2D eigenvalue weighted by molar-refractivity contribution is -0.255. The van der Waals surface area contributed by atoms with Gasteiger partial charge in [-0.05, 0) is 46.1 Å². The van der Waals surface area contributed by atoms with Crippen LogP contribution in [0.3, 0.4) is 0 Å². The van der Waals surface area contributed by atoms with E-state index < -0.39 is 75.4 Å². The zero-order chi connectivity index (χ0) is 25.3. The molecule has 188 valence electrons. The minimum atomic E-state index is -1.72. The molecule has 0 bridgehead atoms. The van der Waals surface area contributed by atoms with Gasteiger partial charge in [0.25, 0.3) is 0 Å². The Bertz CT molecular complexity index is 1160. The Morgan fingerprint density at radius 2 is 1.80 bits per heavy atom. The summed E-state index contributed by atoms with van der Waals surface area (Å²) < 4.78 is 28.7. The number of carbonyl (C=O) groups excluding carboxylic acids is 4. The van der Waals surface area contributed by atoms with Crippen molar-refractivity contribution in [1.29, 1.82) is 0 Å². The Morgan fingerprint density at radius 1 is 1.11 bits per heavy atom. The second-order valence-corrected chi connectivity index (χ2v) is 11.8. The summed E-state index contributed by atoms with van der Waals surface area (Å²) in [7, 11) is 1.26. The van der Waals surface area contributed by atoms with Gasteiger partial charge in [0.15, 0.2) is 5.78 Å². The molecule has 3 saturated heterocycles. The van der Waals surface area contributed by atoms with Crippen LogP contribution in [0.25, 0.3) is 0 Å². The van der Waals surface area contributed by atoms with Gasteiger partial charge in [-0.25, -0.2) is 4.79 Å². The average molecular weight is 487 g/mol. The summed E-state index contributed by atoms with van der Waals surface area (Å²) in [5.74, 6) is -3.40. The van der Waals surface area contributed by atoms with Gasteiger partial charge in [0.05, 0.1) is 25.0 Å². The van der Waals surface area contributed by atoms with Gasteiger partial charge >= 0.3 is 17.9 Å². The number of methoxy groups -OCH3 is 1. The van der Waals surface area contributed by atoms with Crippen LogP contribution in [0.1, 0.15) is 47.5 Å². The van der Waals surface area contributed by atoms with E-state index in [0.717, 1.165) is 5.57 Å². The number of esters is 3. The molecular formula is C26H30O9. The summed E-state index contributed by atoms with van der Waals surface area (Å²) in [4.78, 5) is 54.1. The molecule has 4 aliphatic heterocycles. The van der Waals surface area contributed by atoms with Gasteiger partial charge in [-0.3, -0.25) is 14.4 Å². The van der Waals surface area contributed by atoms with Crippen molar-refractivity contribution < 1.29 is 42.9 Å². The SMILES string of the molecule is COC(=O)[C@]12C(=O)[C@H](C)O[C@@H]3OC(=O)[C@](C)(C[C@H]4[C@]5(CO5)C5=CC(=O)OC(C)(C)C5=CC[C@@]41C)[C@@H]32. The predicted octanol–water partition coefficient (Wildman–Crippen LogP) is 2.03. The minimum Gasteiger partial charge on any atom is -0.468 e. The normalized spacial score (nSPS) is 48.9. The van der Waals surface area contributed by atoms with Crippen molar-refractivity contribution in [2.24, 2.45) is 28.1 Å². The molecule has 9 nitrogen and oxygen atoms in total. The average Bonchev–Trinajstić information content (AvgIpc) is 3.54. The highest BCUT2D eigenvalue weighted by molar-refractivity contribution is 6.09. The quantitative estimate of drug-likeness (QED) is 0.237. The monoisotopic (exact) mass is 486 g/mol. The smallest absolute Gasteiger partial charge is 0.332 e. The molecule has 0 N–H and O–H groups in total. The number of ketones is 1. The Hall–Kier alpha value is -2.52. The third-order valence-electron chi connectivity index (χ3n) is 9.78.